The summed E-state index contributed by atoms with van der Waals surface area (Å²) in [6, 6.07) is 8.17. The van der Waals surface area contributed by atoms with Crippen LogP contribution >= 0.6 is 11.3 Å². The molecule has 2 rings (SSSR count). The van der Waals surface area contributed by atoms with Crippen LogP contribution in [0.15, 0.2) is 35.7 Å². The summed E-state index contributed by atoms with van der Waals surface area (Å²) in [6.45, 7) is 1.81. The van der Waals surface area contributed by atoms with Crippen molar-refractivity contribution in [2.24, 2.45) is 0 Å². The fraction of sp³-hybridized carbons (Fsp3) is 0.167. The zero-order chi connectivity index (χ0) is 14.6. The van der Waals surface area contributed by atoms with Gasteiger partial charge in [-0.1, -0.05) is 18.2 Å². The minimum Gasteiger partial charge on any atom is -0.346 e. The Morgan fingerprint density at radius 3 is 2.60 bits per heavy atom. The molecule has 0 saturated heterocycles. The Labute approximate surface area is 120 Å². The summed E-state index contributed by atoms with van der Waals surface area (Å²) in [4.78, 5) is 15.8. The molecular weight excluding hydrogens is 298 g/mol. The smallest absolute Gasteiger partial charge is 0.264 e. The minimum absolute atomic E-state index is 0.293. The average Bonchev–Trinajstić information content (AvgIpc) is 2.83. The summed E-state index contributed by atoms with van der Waals surface area (Å²) in [5.41, 5.74) is 1.10. The van der Waals surface area contributed by atoms with E-state index in [2.05, 4.69) is 10.3 Å². The van der Waals surface area contributed by atoms with Gasteiger partial charge in [0.2, 0.25) is 0 Å². The number of nitrogens with zero attached hydrogens (tertiary/aromatic N) is 1. The lowest BCUT2D eigenvalue weighted by atomic mass is 10.2. The van der Waals surface area contributed by atoms with Crippen molar-refractivity contribution < 1.29 is 13.2 Å². The molecule has 1 amide bonds. The first kappa shape index (κ1) is 14.5. The van der Waals surface area contributed by atoms with Gasteiger partial charge in [0.05, 0.1) is 5.69 Å². The predicted molar refractivity (Wildman–Crippen MR) is 78.2 cm³/mol. The maximum atomic E-state index is 11.8. The number of nitrogens with one attached hydrogen (secondary N) is 2. The number of amides is 1. The molecule has 1 aromatic heterocycles. The van der Waals surface area contributed by atoms with Crippen molar-refractivity contribution in [3.05, 3.63) is 47.0 Å². The van der Waals surface area contributed by atoms with Crippen molar-refractivity contribution in [1.29, 1.82) is 0 Å². The van der Waals surface area contributed by atoms with Gasteiger partial charge in [-0.05, 0) is 19.1 Å². The van der Waals surface area contributed by atoms with Crippen molar-refractivity contribution in [3.8, 4) is 0 Å². The van der Waals surface area contributed by atoms with Gasteiger partial charge in [-0.25, -0.2) is 18.1 Å². The second-order valence-electron chi connectivity index (χ2n) is 4.03. The SMILES string of the molecule is Cc1csc(NCS(=O)(=O)NC(=O)c2ccccc2)n1. The van der Waals surface area contributed by atoms with Gasteiger partial charge in [0.1, 0.15) is 5.88 Å². The summed E-state index contributed by atoms with van der Waals surface area (Å²) in [7, 11) is -3.76. The second-order valence-corrected chi connectivity index (χ2v) is 6.61. The van der Waals surface area contributed by atoms with Gasteiger partial charge in [-0.3, -0.25) is 4.79 Å². The zero-order valence-electron chi connectivity index (χ0n) is 10.7. The number of sulfonamides is 1. The van der Waals surface area contributed by atoms with E-state index in [0.717, 1.165) is 5.69 Å². The molecule has 0 aliphatic rings. The van der Waals surface area contributed by atoms with Crippen LogP contribution in [0.3, 0.4) is 0 Å². The van der Waals surface area contributed by atoms with Crippen LogP contribution in [0, 0.1) is 6.92 Å². The molecule has 1 aromatic carbocycles. The summed E-state index contributed by atoms with van der Waals surface area (Å²) in [5.74, 6) is -1.05. The van der Waals surface area contributed by atoms with E-state index in [-0.39, 0.29) is 0 Å². The largest absolute Gasteiger partial charge is 0.346 e. The number of hydrogen-bond donors (Lipinski definition) is 2. The van der Waals surface area contributed by atoms with Gasteiger partial charge in [0.25, 0.3) is 15.9 Å². The number of carbonyl (C=O) groups excluding carboxylic acids is 1. The normalized spacial score (nSPS) is 11.1. The standard InChI is InChI=1S/C12H13N3O3S2/c1-9-7-19-12(14-9)13-8-20(17,18)15-11(16)10-5-3-2-4-6-10/h2-7H,8H2,1H3,(H,13,14)(H,15,16). The van der Waals surface area contributed by atoms with E-state index >= 15 is 0 Å². The Morgan fingerprint density at radius 1 is 1.30 bits per heavy atom. The van der Waals surface area contributed by atoms with Crippen LogP contribution < -0.4 is 10.0 Å². The Kier molecular flexibility index (Phi) is 4.35. The molecule has 8 heteroatoms. The highest BCUT2D eigenvalue weighted by molar-refractivity contribution is 7.90. The van der Waals surface area contributed by atoms with Crippen LogP contribution in [0.2, 0.25) is 0 Å². The van der Waals surface area contributed by atoms with Crippen molar-refractivity contribution >= 4 is 32.4 Å². The fourth-order valence-corrected chi connectivity index (χ4v) is 3.00. The first-order valence-electron chi connectivity index (χ1n) is 5.72. The highest BCUT2D eigenvalue weighted by atomic mass is 32.2. The molecule has 20 heavy (non-hydrogen) atoms. The molecule has 0 aliphatic heterocycles. The quantitative estimate of drug-likeness (QED) is 0.875. The number of anilines is 1. The van der Waals surface area contributed by atoms with E-state index in [0.29, 0.717) is 10.7 Å². The molecule has 2 N–H and O–H groups in total. The third kappa shape index (κ3) is 4.04. The Bertz CT molecular complexity index is 696. The molecule has 106 valence electrons. The van der Waals surface area contributed by atoms with Crippen LogP contribution in [0.4, 0.5) is 5.13 Å². The molecular formula is C12H13N3O3S2. The fourth-order valence-electron chi connectivity index (χ4n) is 1.42. The van der Waals surface area contributed by atoms with Gasteiger partial charge < -0.3 is 5.32 Å². The van der Waals surface area contributed by atoms with Gasteiger partial charge >= 0.3 is 0 Å². The summed E-state index contributed by atoms with van der Waals surface area (Å²) in [6.07, 6.45) is 0. The van der Waals surface area contributed by atoms with Crippen molar-refractivity contribution in [2.45, 2.75) is 6.92 Å². The van der Waals surface area contributed by atoms with E-state index < -0.39 is 21.8 Å². The number of hydrogen-bond acceptors (Lipinski definition) is 6. The van der Waals surface area contributed by atoms with Crippen molar-refractivity contribution in [1.82, 2.24) is 9.71 Å². The lowest BCUT2D eigenvalue weighted by Crippen LogP contribution is -2.34. The first-order chi connectivity index (χ1) is 9.46. The van der Waals surface area contributed by atoms with Crippen molar-refractivity contribution in [2.75, 3.05) is 11.2 Å². The molecule has 0 aliphatic carbocycles. The predicted octanol–water partition coefficient (Wildman–Crippen LogP) is 1.58. The number of aryl methyl sites for hydroxylation is 1. The van der Waals surface area contributed by atoms with Gasteiger partial charge in [0.15, 0.2) is 5.13 Å². The Morgan fingerprint density at radius 2 is 2.00 bits per heavy atom. The highest BCUT2D eigenvalue weighted by Gasteiger charge is 2.16. The molecule has 0 bridgehead atoms. The molecule has 0 saturated carbocycles. The third-order valence-corrected chi connectivity index (χ3v) is 4.26. The summed E-state index contributed by atoms with van der Waals surface area (Å²) < 4.78 is 25.6. The van der Waals surface area contributed by atoms with E-state index in [1.165, 1.54) is 11.3 Å². The van der Waals surface area contributed by atoms with Crippen LogP contribution in [0.1, 0.15) is 16.1 Å². The number of aromatic nitrogens is 1. The topological polar surface area (TPSA) is 88.2 Å². The maximum Gasteiger partial charge on any atom is 0.264 e. The highest BCUT2D eigenvalue weighted by Crippen LogP contribution is 2.14. The van der Waals surface area contributed by atoms with E-state index in [1.807, 2.05) is 11.6 Å². The number of carbonyl (C=O) groups is 1. The Hall–Kier alpha value is -1.93. The molecule has 0 radical (unpaired) electrons. The lowest BCUT2D eigenvalue weighted by molar-refractivity contribution is 0.0981. The van der Waals surface area contributed by atoms with E-state index in [9.17, 15) is 13.2 Å². The van der Waals surface area contributed by atoms with Crippen LogP contribution in [0.25, 0.3) is 0 Å². The van der Waals surface area contributed by atoms with Crippen LogP contribution in [-0.4, -0.2) is 25.2 Å². The van der Waals surface area contributed by atoms with Crippen LogP contribution in [-0.2, 0) is 10.0 Å². The molecule has 0 atom stereocenters. The number of rotatable bonds is 5. The maximum absolute atomic E-state index is 11.8. The van der Waals surface area contributed by atoms with E-state index in [4.69, 9.17) is 0 Å². The van der Waals surface area contributed by atoms with Crippen LogP contribution in [0.5, 0.6) is 0 Å². The first-order valence-corrected chi connectivity index (χ1v) is 8.25. The monoisotopic (exact) mass is 311 g/mol. The second kappa shape index (κ2) is 6.02. The molecule has 0 unspecified atom stereocenters. The molecule has 0 fully saturated rings. The molecule has 1 heterocycles. The number of benzene rings is 1. The number of thiazole rings is 1. The third-order valence-electron chi connectivity index (χ3n) is 2.32. The molecule has 2 aromatic rings. The lowest BCUT2D eigenvalue weighted by Gasteiger charge is -2.07. The van der Waals surface area contributed by atoms with E-state index in [1.54, 1.807) is 35.7 Å². The van der Waals surface area contributed by atoms with Gasteiger partial charge in [-0.2, -0.15) is 0 Å². The molecule has 6 nitrogen and oxygen atoms in total. The van der Waals surface area contributed by atoms with Gasteiger partial charge in [-0.15, -0.1) is 11.3 Å². The average molecular weight is 311 g/mol. The molecule has 0 spiro atoms. The van der Waals surface area contributed by atoms with Crippen molar-refractivity contribution in [3.63, 3.8) is 0 Å². The minimum atomic E-state index is -3.76. The summed E-state index contributed by atoms with van der Waals surface area (Å²) in [5, 5.41) is 4.97. The Balaban J connectivity index is 1.96. The van der Waals surface area contributed by atoms with Gasteiger partial charge in [0, 0.05) is 10.9 Å². The summed E-state index contributed by atoms with van der Waals surface area (Å²) >= 11 is 1.31. The zero-order valence-corrected chi connectivity index (χ0v) is 12.3.